The first-order valence-electron chi connectivity index (χ1n) is 5.12. The monoisotopic (exact) mass is 265 g/mol. The fraction of sp³-hybridized carbons (Fsp3) is 0.200. The molecular weight excluding hydrogens is 254 g/mol. The third kappa shape index (κ3) is 2.92. The lowest BCUT2D eigenvalue weighted by Gasteiger charge is -2.03. The van der Waals surface area contributed by atoms with Crippen LogP contribution in [0.5, 0.6) is 0 Å². The Morgan fingerprint density at radius 3 is 2.67 bits per heavy atom. The number of carbonyl (C=O) groups is 1. The zero-order chi connectivity index (χ0) is 13.1. The number of carbonyl (C=O) groups excluding carboxylic acids is 1. The number of nitrogens with zero attached hydrogens (tertiary/aromatic N) is 2. The second-order valence-corrected chi connectivity index (χ2v) is 4.75. The number of aromatic nitrogens is 3. The van der Waals surface area contributed by atoms with Crippen LogP contribution in [0, 0.1) is 13.8 Å². The summed E-state index contributed by atoms with van der Waals surface area (Å²) < 4.78 is 0. The van der Waals surface area contributed by atoms with E-state index in [0.29, 0.717) is 5.13 Å². The summed E-state index contributed by atoms with van der Waals surface area (Å²) in [6, 6.07) is 2.24. The number of anilines is 2. The van der Waals surface area contributed by atoms with E-state index in [9.17, 15) is 9.59 Å². The van der Waals surface area contributed by atoms with Crippen LogP contribution in [0.15, 0.2) is 16.9 Å². The van der Waals surface area contributed by atoms with Crippen LogP contribution in [0.25, 0.3) is 0 Å². The van der Waals surface area contributed by atoms with Gasteiger partial charge in [-0.15, -0.1) is 11.3 Å². The number of urea groups is 1. The molecule has 2 heterocycles. The molecule has 0 aromatic carbocycles. The largest absolute Gasteiger partial charge is 0.326 e. The van der Waals surface area contributed by atoms with E-state index in [1.54, 1.807) is 0 Å². The number of nitrogens with one attached hydrogen (secondary N) is 3. The molecule has 0 spiro atoms. The smallest absolute Gasteiger partial charge is 0.291 e. The number of hydrogen-bond acceptors (Lipinski definition) is 5. The van der Waals surface area contributed by atoms with Crippen LogP contribution in [0.3, 0.4) is 0 Å². The highest BCUT2D eigenvalue weighted by Gasteiger charge is 2.08. The molecule has 0 saturated heterocycles. The van der Waals surface area contributed by atoms with E-state index in [2.05, 4.69) is 25.8 Å². The zero-order valence-electron chi connectivity index (χ0n) is 9.77. The second kappa shape index (κ2) is 4.96. The highest BCUT2D eigenvalue weighted by atomic mass is 32.1. The molecule has 0 aliphatic rings. The first kappa shape index (κ1) is 12.2. The van der Waals surface area contributed by atoms with Crippen molar-refractivity contribution in [3.63, 3.8) is 0 Å². The molecular formula is C10H11N5O2S. The van der Waals surface area contributed by atoms with Gasteiger partial charge < -0.3 is 0 Å². The van der Waals surface area contributed by atoms with Gasteiger partial charge in [-0.05, 0) is 19.9 Å². The van der Waals surface area contributed by atoms with E-state index in [1.165, 1.54) is 23.5 Å². The molecule has 8 heteroatoms. The number of aryl methyl sites for hydroxylation is 2. The van der Waals surface area contributed by atoms with Gasteiger partial charge in [0.15, 0.2) is 10.9 Å². The summed E-state index contributed by atoms with van der Waals surface area (Å²) in [7, 11) is 0. The summed E-state index contributed by atoms with van der Waals surface area (Å²) in [5, 5.41) is 11.5. The van der Waals surface area contributed by atoms with Crippen molar-refractivity contribution >= 4 is 28.3 Å². The van der Waals surface area contributed by atoms with E-state index in [0.717, 1.165) is 10.6 Å². The molecule has 3 N–H and O–H groups in total. The van der Waals surface area contributed by atoms with Crippen LogP contribution in [-0.4, -0.2) is 21.2 Å². The molecule has 94 valence electrons. The maximum atomic E-state index is 11.6. The second-order valence-electron chi connectivity index (χ2n) is 3.55. The lowest BCUT2D eigenvalue weighted by molar-refractivity contribution is 0.262. The van der Waals surface area contributed by atoms with Crippen molar-refractivity contribution in [1.29, 1.82) is 0 Å². The van der Waals surface area contributed by atoms with Crippen molar-refractivity contribution in [2.45, 2.75) is 13.8 Å². The lowest BCUT2D eigenvalue weighted by atomic mass is 10.4. The van der Waals surface area contributed by atoms with E-state index < -0.39 is 6.03 Å². The topological polar surface area (TPSA) is 99.8 Å². The summed E-state index contributed by atoms with van der Waals surface area (Å²) in [6.07, 6.45) is 0. The van der Waals surface area contributed by atoms with Gasteiger partial charge in [0.2, 0.25) is 0 Å². The van der Waals surface area contributed by atoms with Gasteiger partial charge in [0.05, 0.1) is 5.69 Å². The van der Waals surface area contributed by atoms with Crippen molar-refractivity contribution in [1.82, 2.24) is 15.2 Å². The van der Waals surface area contributed by atoms with Gasteiger partial charge in [-0.2, -0.15) is 5.10 Å². The Kier molecular flexibility index (Phi) is 3.38. The maximum Gasteiger partial charge on any atom is 0.326 e. The first-order chi connectivity index (χ1) is 8.54. The third-order valence-corrected chi connectivity index (χ3v) is 3.16. The number of aromatic amines is 1. The molecule has 2 aromatic rings. The Balaban J connectivity index is 2.00. The number of H-pyrrole nitrogens is 1. The third-order valence-electron chi connectivity index (χ3n) is 2.17. The summed E-state index contributed by atoms with van der Waals surface area (Å²) in [4.78, 5) is 27.6. The number of amides is 2. The molecule has 0 radical (unpaired) electrons. The minimum atomic E-state index is -0.455. The molecule has 0 unspecified atom stereocenters. The molecule has 2 aromatic heterocycles. The predicted octanol–water partition coefficient (Wildman–Crippen LogP) is 1.49. The fourth-order valence-electron chi connectivity index (χ4n) is 1.18. The van der Waals surface area contributed by atoms with Gasteiger partial charge in [-0.25, -0.2) is 14.9 Å². The van der Waals surface area contributed by atoms with E-state index in [4.69, 9.17) is 0 Å². The van der Waals surface area contributed by atoms with E-state index in [1.807, 2.05) is 13.8 Å². The van der Waals surface area contributed by atoms with Crippen LogP contribution in [0.2, 0.25) is 0 Å². The summed E-state index contributed by atoms with van der Waals surface area (Å²) >= 11 is 1.39. The number of thiazole rings is 1. The molecule has 2 rings (SSSR count). The van der Waals surface area contributed by atoms with E-state index in [-0.39, 0.29) is 11.4 Å². The van der Waals surface area contributed by atoms with Crippen LogP contribution in [0.1, 0.15) is 10.6 Å². The molecule has 0 saturated carbocycles. The average Bonchev–Trinajstić information content (AvgIpc) is 2.61. The Labute approximate surface area is 106 Å². The standard InChI is InChI=1S/C10H11N5O2S/c1-5-6(2)18-10(11-5)13-9(17)12-7-3-4-8(16)15-14-7/h3-4H,1-2H3,(H,15,16)(H2,11,12,13,14,17). The molecule has 0 aliphatic carbocycles. The Morgan fingerprint density at radius 2 is 2.11 bits per heavy atom. The van der Waals surface area contributed by atoms with Gasteiger partial charge in [0.1, 0.15) is 0 Å². The van der Waals surface area contributed by atoms with E-state index >= 15 is 0 Å². The zero-order valence-corrected chi connectivity index (χ0v) is 10.6. The maximum absolute atomic E-state index is 11.6. The SMILES string of the molecule is Cc1nc(NC(=O)Nc2ccc(=O)[nH]n2)sc1C. The van der Waals surface area contributed by atoms with Crippen molar-refractivity contribution in [2.24, 2.45) is 0 Å². The van der Waals surface area contributed by atoms with Gasteiger partial charge in [-0.1, -0.05) is 0 Å². The molecule has 18 heavy (non-hydrogen) atoms. The molecule has 0 fully saturated rings. The van der Waals surface area contributed by atoms with Crippen molar-refractivity contribution in [3.8, 4) is 0 Å². The quantitative estimate of drug-likeness (QED) is 0.765. The van der Waals surface area contributed by atoms with Gasteiger partial charge in [0.25, 0.3) is 5.56 Å². The minimum Gasteiger partial charge on any atom is -0.291 e. The predicted molar refractivity (Wildman–Crippen MR) is 69.1 cm³/mol. The Hall–Kier alpha value is -2.22. The fourth-order valence-corrected chi connectivity index (χ4v) is 1.99. The lowest BCUT2D eigenvalue weighted by Crippen LogP contribution is -2.21. The summed E-state index contributed by atoms with van der Waals surface area (Å²) in [5.41, 5.74) is 0.560. The van der Waals surface area contributed by atoms with Gasteiger partial charge in [-0.3, -0.25) is 15.4 Å². The van der Waals surface area contributed by atoms with Crippen LogP contribution >= 0.6 is 11.3 Å². The molecule has 2 amide bonds. The van der Waals surface area contributed by atoms with Crippen LogP contribution in [-0.2, 0) is 0 Å². The molecule has 0 bridgehead atoms. The minimum absolute atomic E-state index is 0.261. The first-order valence-corrected chi connectivity index (χ1v) is 5.94. The van der Waals surface area contributed by atoms with Gasteiger partial charge in [0, 0.05) is 10.9 Å². The van der Waals surface area contributed by atoms with Crippen molar-refractivity contribution in [2.75, 3.05) is 10.6 Å². The highest BCUT2D eigenvalue weighted by molar-refractivity contribution is 7.15. The molecule has 7 nitrogen and oxygen atoms in total. The van der Waals surface area contributed by atoms with Crippen molar-refractivity contribution in [3.05, 3.63) is 33.1 Å². The number of rotatable bonds is 2. The average molecular weight is 265 g/mol. The summed E-state index contributed by atoms with van der Waals surface area (Å²) in [5.74, 6) is 0.261. The molecule has 0 aliphatic heterocycles. The highest BCUT2D eigenvalue weighted by Crippen LogP contribution is 2.20. The summed E-state index contributed by atoms with van der Waals surface area (Å²) in [6.45, 7) is 3.80. The normalized spacial score (nSPS) is 10.1. The van der Waals surface area contributed by atoms with Crippen LogP contribution in [0.4, 0.5) is 15.7 Å². The number of hydrogen-bond donors (Lipinski definition) is 3. The van der Waals surface area contributed by atoms with Crippen LogP contribution < -0.4 is 16.2 Å². The Bertz CT molecular complexity index is 593. The molecule has 0 atom stereocenters. The van der Waals surface area contributed by atoms with Gasteiger partial charge >= 0.3 is 6.03 Å². The van der Waals surface area contributed by atoms with Crippen molar-refractivity contribution < 1.29 is 4.79 Å². The Morgan fingerprint density at radius 1 is 1.33 bits per heavy atom.